The van der Waals surface area contributed by atoms with Crippen LogP contribution in [0.25, 0.3) is 0 Å². The lowest BCUT2D eigenvalue weighted by Crippen LogP contribution is -2.31. The second-order valence-corrected chi connectivity index (χ2v) is 7.61. The molecule has 1 aliphatic rings. The van der Waals surface area contributed by atoms with Crippen molar-refractivity contribution < 1.29 is 5.21 Å². The molecule has 132 valence electrons. The first-order valence-electron chi connectivity index (χ1n) is 7.54. The minimum atomic E-state index is -0.255. The number of allylic oxidation sites excluding steroid dienone is 1. The molecule has 0 aliphatic carbocycles. The molecule has 0 aromatic heterocycles. The van der Waals surface area contributed by atoms with E-state index in [4.69, 9.17) is 34.8 Å². The summed E-state index contributed by atoms with van der Waals surface area (Å²) in [5.41, 5.74) is 0.989. The summed E-state index contributed by atoms with van der Waals surface area (Å²) < 4.78 is -0.253. The predicted molar refractivity (Wildman–Crippen MR) is 102 cm³/mol. The molecule has 1 saturated heterocycles. The van der Waals surface area contributed by atoms with Gasteiger partial charge in [-0.3, -0.25) is 5.21 Å². The van der Waals surface area contributed by atoms with Crippen molar-refractivity contribution in [2.24, 2.45) is 0 Å². The van der Waals surface area contributed by atoms with E-state index in [1.807, 2.05) is 35.2 Å². The van der Waals surface area contributed by atoms with Crippen LogP contribution in [-0.4, -0.2) is 28.4 Å². The monoisotopic (exact) mass is 407 g/mol. The predicted octanol–water partition coefficient (Wildman–Crippen LogP) is 5.65. The Morgan fingerprint density at radius 1 is 1.12 bits per heavy atom. The number of hydroxylamine groups is 2. The van der Waals surface area contributed by atoms with Crippen molar-refractivity contribution in [2.45, 2.75) is 25.0 Å². The van der Waals surface area contributed by atoms with Crippen molar-refractivity contribution in [3.8, 4) is 0 Å². The highest BCUT2D eigenvalue weighted by Gasteiger charge is 2.22. The molecule has 1 fully saturated rings. The summed E-state index contributed by atoms with van der Waals surface area (Å²) in [6.07, 6.45) is 3.17. The Morgan fingerprint density at radius 3 is 2.29 bits per heavy atom. The summed E-state index contributed by atoms with van der Waals surface area (Å²) >= 11 is 19.0. The van der Waals surface area contributed by atoms with E-state index in [9.17, 15) is 10.4 Å². The Bertz CT molecular complexity index is 599. The zero-order valence-corrected chi connectivity index (χ0v) is 16.0. The van der Waals surface area contributed by atoms with E-state index in [2.05, 4.69) is 0 Å². The molecule has 1 aliphatic heterocycles. The number of rotatable bonds is 6. The van der Waals surface area contributed by atoms with Gasteiger partial charge < -0.3 is 15.3 Å². The zero-order valence-electron chi connectivity index (χ0n) is 12.9. The average molecular weight is 409 g/mol. The molecule has 0 radical (unpaired) electrons. The van der Waals surface area contributed by atoms with Gasteiger partial charge in [-0.25, -0.2) is 0 Å². The highest BCUT2D eigenvalue weighted by molar-refractivity contribution is 8.02. The molecule has 1 aromatic carbocycles. The van der Waals surface area contributed by atoms with Crippen molar-refractivity contribution in [2.75, 3.05) is 13.1 Å². The fourth-order valence-electron chi connectivity index (χ4n) is 2.48. The maximum Gasteiger partial charge on any atom is 0.127 e. The van der Waals surface area contributed by atoms with Crippen molar-refractivity contribution in [3.05, 3.63) is 61.4 Å². The van der Waals surface area contributed by atoms with Gasteiger partial charge in [-0.15, -0.1) is 11.8 Å². The largest absolute Gasteiger partial charge is 0.733 e. The van der Waals surface area contributed by atoms with Gasteiger partial charge in [-0.05, 0) is 24.8 Å². The zero-order chi connectivity index (χ0) is 17.5. The Hall–Kier alpha value is -0.560. The van der Waals surface area contributed by atoms with Crippen LogP contribution in [-0.2, 0) is 5.75 Å². The van der Waals surface area contributed by atoms with Crippen molar-refractivity contribution in [3.63, 3.8) is 0 Å². The number of hydrogen-bond acceptors (Lipinski definition) is 5. The topological polar surface area (TPSA) is 49.8 Å². The number of nitrogens with zero attached hydrogens (tertiary/aromatic N) is 2. The van der Waals surface area contributed by atoms with Crippen molar-refractivity contribution in [1.82, 2.24) is 10.1 Å². The highest BCUT2D eigenvalue weighted by Crippen LogP contribution is 2.37. The number of halogens is 3. The van der Waals surface area contributed by atoms with Gasteiger partial charge in [0.2, 0.25) is 0 Å². The first-order valence-corrected chi connectivity index (χ1v) is 9.66. The van der Waals surface area contributed by atoms with Gasteiger partial charge >= 0.3 is 0 Å². The minimum absolute atomic E-state index is 0.112. The van der Waals surface area contributed by atoms with Crippen molar-refractivity contribution >= 4 is 46.6 Å². The molecule has 24 heavy (non-hydrogen) atoms. The van der Waals surface area contributed by atoms with Crippen LogP contribution in [0.4, 0.5) is 0 Å². The van der Waals surface area contributed by atoms with Crippen LogP contribution < -0.4 is 0 Å². The summed E-state index contributed by atoms with van der Waals surface area (Å²) in [6.45, 7) is 1.58. The van der Waals surface area contributed by atoms with Crippen LogP contribution in [0.2, 0.25) is 0 Å². The Labute approximate surface area is 161 Å². The third kappa shape index (κ3) is 5.48. The number of hydrogen-bond donors (Lipinski definition) is 1. The van der Waals surface area contributed by atoms with Gasteiger partial charge in [0.15, 0.2) is 0 Å². The molecule has 0 saturated carbocycles. The molecule has 1 aromatic rings. The van der Waals surface area contributed by atoms with E-state index in [1.165, 1.54) is 11.8 Å². The Kier molecular flexibility index (Phi) is 8.07. The molecule has 0 bridgehead atoms. The number of likely N-dealkylation sites (tertiary alicyclic amines) is 1. The maximum absolute atomic E-state index is 11.7. The van der Waals surface area contributed by atoms with Gasteiger partial charge in [0.25, 0.3) is 0 Å². The fraction of sp³-hybridized carbons (Fsp3) is 0.375. The molecule has 8 heteroatoms. The third-order valence-electron chi connectivity index (χ3n) is 3.63. The van der Waals surface area contributed by atoms with E-state index in [0.717, 1.165) is 37.9 Å². The van der Waals surface area contributed by atoms with Gasteiger partial charge in [0, 0.05) is 18.8 Å². The molecule has 1 heterocycles. The number of thioether (sulfide) groups is 1. The molecular formula is C16H18Cl3N2O2S-. The number of benzene rings is 1. The standard InChI is InChI=1S/C16H18Cl3N2O2S/c17-13(15(18)19)14(21(22)23)16(20-9-5-2-6-10-20)24-11-12-7-3-1-4-8-12/h1,3-4,7-8,22H,2,5-6,9-11H2/q-1/b16-14+. The van der Waals surface area contributed by atoms with Gasteiger partial charge in [-0.2, -0.15) is 0 Å². The molecule has 0 unspecified atom stereocenters. The second-order valence-electron chi connectivity index (χ2n) is 5.32. The van der Waals surface area contributed by atoms with E-state index in [1.54, 1.807) is 0 Å². The van der Waals surface area contributed by atoms with Gasteiger partial charge in [0.1, 0.15) is 10.2 Å². The van der Waals surface area contributed by atoms with Crippen LogP contribution in [0.1, 0.15) is 24.8 Å². The summed E-state index contributed by atoms with van der Waals surface area (Å²) in [7, 11) is 0. The van der Waals surface area contributed by atoms with E-state index < -0.39 is 0 Å². The molecular weight excluding hydrogens is 391 g/mol. The molecule has 2 rings (SSSR count). The van der Waals surface area contributed by atoms with Gasteiger partial charge in [0.05, 0.1) is 10.1 Å². The first kappa shape index (κ1) is 19.8. The molecule has 1 N–H and O–H groups in total. The van der Waals surface area contributed by atoms with Crippen LogP contribution >= 0.6 is 46.6 Å². The quantitative estimate of drug-likeness (QED) is 0.487. The lowest BCUT2D eigenvalue weighted by atomic mass is 10.1. The maximum atomic E-state index is 11.7. The normalized spacial score (nSPS) is 15.8. The van der Waals surface area contributed by atoms with E-state index >= 15 is 0 Å². The minimum Gasteiger partial charge on any atom is -0.733 e. The van der Waals surface area contributed by atoms with E-state index in [0.29, 0.717) is 10.8 Å². The summed E-state index contributed by atoms with van der Waals surface area (Å²) in [6, 6.07) is 9.85. The molecule has 0 spiro atoms. The summed E-state index contributed by atoms with van der Waals surface area (Å²) in [5.74, 6) is 0.633. The smallest absolute Gasteiger partial charge is 0.127 e. The second kappa shape index (κ2) is 9.80. The third-order valence-corrected chi connectivity index (χ3v) is 5.77. The van der Waals surface area contributed by atoms with Crippen LogP contribution in [0.15, 0.2) is 50.6 Å². The SMILES string of the molecule is [O-]N(O)/C(C(Cl)=C(Cl)Cl)=C(/SCc1ccccc1)N1CCCCC1. The lowest BCUT2D eigenvalue weighted by Gasteiger charge is -2.36. The summed E-state index contributed by atoms with van der Waals surface area (Å²) in [5, 5.41) is 21.5. The van der Waals surface area contributed by atoms with Gasteiger partial charge in [-0.1, -0.05) is 65.1 Å². The fourth-order valence-corrected chi connectivity index (χ4v) is 4.06. The highest BCUT2D eigenvalue weighted by atomic mass is 35.5. The van der Waals surface area contributed by atoms with E-state index in [-0.39, 0.29) is 20.4 Å². The first-order chi connectivity index (χ1) is 11.5. The lowest BCUT2D eigenvalue weighted by molar-refractivity contribution is -0.00213. The van der Waals surface area contributed by atoms with Crippen LogP contribution in [0.3, 0.4) is 0 Å². The average Bonchev–Trinajstić information content (AvgIpc) is 2.59. The molecule has 0 atom stereocenters. The van der Waals surface area contributed by atoms with Crippen LogP contribution in [0, 0.1) is 5.21 Å². The number of piperidine rings is 1. The Balaban J connectivity index is 2.35. The molecule has 4 nitrogen and oxygen atoms in total. The Morgan fingerprint density at radius 2 is 1.75 bits per heavy atom. The van der Waals surface area contributed by atoms with Crippen molar-refractivity contribution in [1.29, 1.82) is 0 Å². The molecule has 0 amide bonds. The summed E-state index contributed by atoms with van der Waals surface area (Å²) in [4.78, 5) is 2.05. The van der Waals surface area contributed by atoms with Crippen LogP contribution in [0.5, 0.6) is 0 Å².